The summed E-state index contributed by atoms with van der Waals surface area (Å²) in [5.74, 6) is 2.08. The van der Waals surface area contributed by atoms with Gasteiger partial charge in [-0.25, -0.2) is 0 Å². The van der Waals surface area contributed by atoms with Crippen molar-refractivity contribution in [1.29, 1.82) is 0 Å². The van der Waals surface area contributed by atoms with Crippen molar-refractivity contribution in [2.24, 2.45) is 11.3 Å². The van der Waals surface area contributed by atoms with Crippen molar-refractivity contribution >= 4 is 5.78 Å². The second-order valence-corrected chi connectivity index (χ2v) is 10.0. The smallest absolute Gasteiger partial charge is 0.132 e. The molecule has 1 aliphatic carbocycles. The van der Waals surface area contributed by atoms with Crippen molar-refractivity contribution in [3.05, 3.63) is 29.3 Å². The van der Waals surface area contributed by atoms with E-state index in [2.05, 4.69) is 57.8 Å². The number of nitrogens with zero attached hydrogens (tertiary/aromatic N) is 1. The molecule has 156 valence electrons. The third-order valence-electron chi connectivity index (χ3n) is 7.98. The van der Waals surface area contributed by atoms with Gasteiger partial charge in [0.25, 0.3) is 0 Å². The average Bonchev–Trinajstić information content (AvgIpc) is 2.66. The highest BCUT2D eigenvalue weighted by atomic mass is 16.5. The van der Waals surface area contributed by atoms with E-state index in [1.54, 1.807) is 7.11 Å². The summed E-state index contributed by atoms with van der Waals surface area (Å²) in [6, 6.07) is 7.11. The lowest BCUT2D eigenvalue weighted by Gasteiger charge is -2.62. The van der Waals surface area contributed by atoms with E-state index in [0.29, 0.717) is 24.2 Å². The van der Waals surface area contributed by atoms with E-state index in [1.165, 1.54) is 11.1 Å². The van der Waals surface area contributed by atoms with Crippen LogP contribution in [0, 0.1) is 11.3 Å². The monoisotopic (exact) mass is 385 g/mol. The highest BCUT2D eigenvalue weighted by Crippen LogP contribution is 2.58. The standard InChI is InChI=1S/C25H39NO2/c1-18(2)8-7-9-20(27)12-13-25(4)23-16-19-10-11-21(28-6)17-22(19)24(25,3)14-15-26(23)5/h10-11,17-18,23H,7-9,12-16H2,1-6H3/t23?,24-,25-/m1/s1. The first-order valence-corrected chi connectivity index (χ1v) is 11.1. The number of carbonyl (C=O) groups excluding carboxylic acids is 1. The number of hydrogen-bond acceptors (Lipinski definition) is 3. The molecule has 1 unspecified atom stereocenters. The number of rotatable bonds is 8. The van der Waals surface area contributed by atoms with Crippen LogP contribution in [0.5, 0.6) is 5.75 Å². The number of carbonyl (C=O) groups is 1. The van der Waals surface area contributed by atoms with Gasteiger partial charge in [-0.2, -0.15) is 0 Å². The molecule has 1 fully saturated rings. The van der Waals surface area contributed by atoms with Gasteiger partial charge >= 0.3 is 0 Å². The summed E-state index contributed by atoms with van der Waals surface area (Å²) < 4.78 is 5.55. The van der Waals surface area contributed by atoms with Crippen LogP contribution < -0.4 is 4.74 Å². The zero-order valence-corrected chi connectivity index (χ0v) is 18.8. The van der Waals surface area contributed by atoms with Gasteiger partial charge in [-0.15, -0.1) is 0 Å². The lowest BCUT2D eigenvalue weighted by molar-refractivity contribution is -0.121. The Labute approximate surface area is 171 Å². The Bertz CT molecular complexity index is 712. The Morgan fingerprint density at radius 3 is 2.71 bits per heavy atom. The van der Waals surface area contributed by atoms with Crippen LogP contribution in [0.25, 0.3) is 0 Å². The van der Waals surface area contributed by atoms with E-state index < -0.39 is 0 Å². The van der Waals surface area contributed by atoms with Gasteiger partial charge in [-0.05, 0) is 73.9 Å². The van der Waals surface area contributed by atoms with Crippen LogP contribution >= 0.6 is 0 Å². The summed E-state index contributed by atoms with van der Waals surface area (Å²) in [6.45, 7) is 10.5. The molecule has 3 heteroatoms. The average molecular weight is 386 g/mol. The maximum Gasteiger partial charge on any atom is 0.132 e. The molecule has 3 rings (SSSR count). The molecule has 1 heterocycles. The molecule has 2 bridgehead atoms. The van der Waals surface area contributed by atoms with Crippen LogP contribution in [0.15, 0.2) is 18.2 Å². The molecule has 3 atom stereocenters. The number of methoxy groups -OCH3 is 1. The molecule has 2 aliphatic rings. The van der Waals surface area contributed by atoms with Gasteiger partial charge in [0.2, 0.25) is 0 Å². The topological polar surface area (TPSA) is 29.5 Å². The number of fused-ring (bicyclic) bond motifs is 4. The normalized spacial score (nSPS) is 29.6. The number of piperidine rings is 1. The molecule has 1 aromatic rings. The number of Topliss-reactive ketones (excluding diaryl/α,β-unsaturated/α-hetero) is 1. The first-order valence-electron chi connectivity index (χ1n) is 11.1. The summed E-state index contributed by atoms with van der Waals surface area (Å²) in [5.41, 5.74) is 3.10. The third kappa shape index (κ3) is 3.75. The van der Waals surface area contributed by atoms with E-state index in [-0.39, 0.29) is 10.8 Å². The van der Waals surface area contributed by atoms with Crippen LogP contribution in [-0.4, -0.2) is 37.4 Å². The fourth-order valence-corrected chi connectivity index (χ4v) is 5.78. The zero-order valence-electron chi connectivity index (χ0n) is 18.8. The van der Waals surface area contributed by atoms with Gasteiger partial charge in [0.15, 0.2) is 0 Å². The van der Waals surface area contributed by atoms with Gasteiger partial charge in [0.05, 0.1) is 7.11 Å². The Morgan fingerprint density at radius 1 is 1.29 bits per heavy atom. The predicted molar refractivity (Wildman–Crippen MR) is 116 cm³/mol. The van der Waals surface area contributed by atoms with Crippen molar-refractivity contribution in [3.63, 3.8) is 0 Å². The number of hydrogen-bond donors (Lipinski definition) is 0. The van der Waals surface area contributed by atoms with Crippen LogP contribution in [0.1, 0.15) is 77.3 Å². The number of likely N-dealkylation sites (N-methyl/N-ethyl adjacent to an activating group) is 1. The number of ether oxygens (including phenoxy) is 1. The Balaban J connectivity index is 1.83. The molecule has 0 amide bonds. The molecule has 0 radical (unpaired) electrons. The Kier molecular flexibility index (Phi) is 6.24. The molecular weight excluding hydrogens is 346 g/mol. The minimum Gasteiger partial charge on any atom is -0.497 e. The molecule has 0 saturated carbocycles. The molecule has 1 aliphatic heterocycles. The lowest BCUT2D eigenvalue weighted by atomic mass is 9.49. The first kappa shape index (κ1) is 21.4. The minimum absolute atomic E-state index is 0.0878. The highest BCUT2D eigenvalue weighted by molar-refractivity contribution is 5.78. The number of ketones is 1. The van der Waals surface area contributed by atoms with Gasteiger partial charge < -0.3 is 9.64 Å². The Morgan fingerprint density at radius 2 is 2.04 bits per heavy atom. The molecule has 28 heavy (non-hydrogen) atoms. The summed E-state index contributed by atoms with van der Waals surface area (Å²) in [4.78, 5) is 15.2. The largest absolute Gasteiger partial charge is 0.497 e. The van der Waals surface area contributed by atoms with E-state index in [0.717, 1.165) is 50.8 Å². The molecule has 0 N–H and O–H groups in total. The fraction of sp³-hybridized carbons (Fsp3) is 0.720. The maximum atomic E-state index is 12.6. The molecule has 0 spiro atoms. The third-order valence-corrected chi connectivity index (χ3v) is 7.98. The summed E-state index contributed by atoms with van der Waals surface area (Å²) >= 11 is 0. The van der Waals surface area contributed by atoms with Crippen molar-refractivity contribution in [2.75, 3.05) is 20.7 Å². The molecule has 0 aromatic heterocycles. The van der Waals surface area contributed by atoms with E-state index in [9.17, 15) is 4.79 Å². The number of likely N-dealkylation sites (tertiary alicyclic amines) is 1. The molecule has 1 saturated heterocycles. The quantitative estimate of drug-likeness (QED) is 0.600. The van der Waals surface area contributed by atoms with Gasteiger partial charge in [0.1, 0.15) is 11.5 Å². The molecular formula is C25H39NO2. The van der Waals surface area contributed by atoms with Crippen molar-refractivity contribution in [2.45, 2.75) is 84.1 Å². The van der Waals surface area contributed by atoms with Gasteiger partial charge in [0, 0.05) is 24.3 Å². The predicted octanol–water partition coefficient (Wildman–Crippen LogP) is 5.40. The maximum absolute atomic E-state index is 12.6. The van der Waals surface area contributed by atoms with Crippen molar-refractivity contribution in [3.8, 4) is 5.75 Å². The summed E-state index contributed by atoms with van der Waals surface area (Å²) in [7, 11) is 4.01. The zero-order chi connectivity index (χ0) is 20.5. The number of benzene rings is 1. The second kappa shape index (κ2) is 8.18. The van der Waals surface area contributed by atoms with Crippen molar-refractivity contribution in [1.82, 2.24) is 4.90 Å². The first-order chi connectivity index (χ1) is 13.2. The van der Waals surface area contributed by atoms with E-state index in [4.69, 9.17) is 4.74 Å². The SMILES string of the molecule is COc1ccc2c(c1)[C@@]1(C)CCN(C)C(C2)[C@@]1(C)CCC(=O)CCCC(C)C. The Hall–Kier alpha value is -1.35. The molecule has 3 nitrogen and oxygen atoms in total. The summed E-state index contributed by atoms with van der Waals surface area (Å²) in [5, 5.41) is 0. The van der Waals surface area contributed by atoms with Crippen LogP contribution in [0.4, 0.5) is 0 Å². The van der Waals surface area contributed by atoms with E-state index in [1.807, 2.05) is 0 Å². The van der Waals surface area contributed by atoms with Crippen molar-refractivity contribution < 1.29 is 9.53 Å². The summed E-state index contributed by atoms with van der Waals surface area (Å²) in [6.07, 6.45) is 6.84. The van der Waals surface area contributed by atoms with Crippen LogP contribution in [-0.2, 0) is 16.6 Å². The lowest BCUT2D eigenvalue weighted by Crippen LogP contribution is -2.64. The van der Waals surface area contributed by atoms with Crippen LogP contribution in [0.3, 0.4) is 0 Å². The van der Waals surface area contributed by atoms with Gasteiger partial charge in [-0.1, -0.05) is 40.2 Å². The second-order valence-electron chi connectivity index (χ2n) is 10.0. The van der Waals surface area contributed by atoms with Gasteiger partial charge in [-0.3, -0.25) is 4.79 Å². The minimum atomic E-state index is 0.0878. The molecule has 1 aromatic carbocycles. The fourth-order valence-electron chi connectivity index (χ4n) is 5.78. The van der Waals surface area contributed by atoms with Crippen LogP contribution in [0.2, 0.25) is 0 Å². The highest BCUT2D eigenvalue weighted by Gasteiger charge is 2.57. The van der Waals surface area contributed by atoms with E-state index >= 15 is 0 Å².